The molecule has 29 heavy (non-hydrogen) atoms. The summed E-state index contributed by atoms with van der Waals surface area (Å²) in [4.78, 5) is 33.6. The zero-order chi connectivity index (χ0) is 20.8. The monoisotopic (exact) mass is 390 g/mol. The number of benzene rings is 1. The lowest BCUT2D eigenvalue weighted by Gasteiger charge is -2.13. The maximum Gasteiger partial charge on any atom is 0.249 e. The Morgan fingerprint density at radius 3 is 2.66 bits per heavy atom. The number of anilines is 1. The number of pyridine rings is 1. The number of amides is 1. The van der Waals surface area contributed by atoms with Gasteiger partial charge in [0.05, 0.1) is 12.6 Å². The van der Waals surface area contributed by atoms with Crippen LogP contribution in [0.4, 0.5) is 5.82 Å². The van der Waals surface area contributed by atoms with Crippen LogP contribution in [0.3, 0.4) is 0 Å². The van der Waals surface area contributed by atoms with Crippen molar-refractivity contribution in [3.8, 4) is 0 Å². The Morgan fingerprint density at radius 2 is 1.93 bits per heavy atom. The van der Waals surface area contributed by atoms with Gasteiger partial charge in [0.2, 0.25) is 5.91 Å². The second-order valence-corrected chi connectivity index (χ2v) is 7.28. The van der Waals surface area contributed by atoms with Gasteiger partial charge < -0.3 is 11.1 Å². The van der Waals surface area contributed by atoms with E-state index in [1.165, 1.54) is 0 Å². The molecule has 0 fully saturated rings. The molecule has 3 N–H and O–H groups in total. The summed E-state index contributed by atoms with van der Waals surface area (Å²) in [5.41, 5.74) is 10.1. The number of ketones is 1. The highest BCUT2D eigenvalue weighted by atomic mass is 16.2. The van der Waals surface area contributed by atoms with Crippen LogP contribution in [-0.4, -0.2) is 35.0 Å². The van der Waals surface area contributed by atoms with Gasteiger partial charge in [-0.05, 0) is 43.5 Å². The molecule has 150 valence electrons. The van der Waals surface area contributed by atoms with Gasteiger partial charge in [0.1, 0.15) is 5.82 Å². The number of nitrogen functional groups attached to an aromatic ring is 1. The second kappa shape index (κ2) is 9.28. The van der Waals surface area contributed by atoms with Crippen LogP contribution in [0, 0.1) is 6.92 Å². The molecule has 1 aromatic heterocycles. The molecule has 0 aliphatic carbocycles. The predicted octanol–water partition coefficient (Wildman–Crippen LogP) is 2.60. The molecule has 6 heteroatoms. The van der Waals surface area contributed by atoms with Gasteiger partial charge >= 0.3 is 0 Å². The lowest BCUT2D eigenvalue weighted by molar-refractivity contribution is -0.125. The number of carbonyl (C=O) groups excluding carboxylic acids is 2. The SMILES string of the molecule is Cc1nc(N)ccc1CCC(=O)[C@H](C)NC(=O)C1=CC(Cc2ccccc2)=NC1. The molecule has 1 atom stereocenters. The van der Waals surface area contributed by atoms with E-state index in [1.807, 2.05) is 49.4 Å². The molecule has 1 aromatic carbocycles. The number of carbonyl (C=O) groups is 2. The first-order valence-corrected chi connectivity index (χ1v) is 9.76. The van der Waals surface area contributed by atoms with Crippen molar-refractivity contribution in [3.05, 3.63) is 70.9 Å². The first kappa shape index (κ1) is 20.5. The Labute approximate surface area is 171 Å². The zero-order valence-electron chi connectivity index (χ0n) is 16.8. The van der Waals surface area contributed by atoms with Crippen molar-refractivity contribution in [2.75, 3.05) is 12.3 Å². The van der Waals surface area contributed by atoms with Crippen LogP contribution < -0.4 is 11.1 Å². The fourth-order valence-corrected chi connectivity index (χ4v) is 3.25. The van der Waals surface area contributed by atoms with E-state index in [9.17, 15) is 9.59 Å². The number of aromatic nitrogens is 1. The summed E-state index contributed by atoms with van der Waals surface area (Å²) in [6.45, 7) is 3.95. The summed E-state index contributed by atoms with van der Waals surface area (Å²) in [7, 11) is 0. The number of Topliss-reactive ketones (excluding diaryl/α,β-unsaturated/α-hetero) is 1. The molecule has 0 bridgehead atoms. The highest BCUT2D eigenvalue weighted by Gasteiger charge is 2.20. The van der Waals surface area contributed by atoms with Crippen molar-refractivity contribution < 1.29 is 9.59 Å². The lowest BCUT2D eigenvalue weighted by atomic mass is 10.0. The maximum absolute atomic E-state index is 12.5. The Balaban J connectivity index is 1.49. The van der Waals surface area contributed by atoms with Gasteiger partial charge in [0.15, 0.2) is 5.78 Å². The number of nitrogens with zero attached hydrogens (tertiary/aromatic N) is 2. The molecule has 0 saturated carbocycles. The number of aryl methyl sites for hydroxylation is 2. The number of hydrogen-bond acceptors (Lipinski definition) is 5. The molecule has 2 aromatic rings. The van der Waals surface area contributed by atoms with Crippen molar-refractivity contribution in [2.24, 2.45) is 4.99 Å². The number of allylic oxidation sites excluding steroid dienone is 1. The van der Waals surface area contributed by atoms with E-state index < -0.39 is 6.04 Å². The molecule has 1 aliphatic heterocycles. The highest BCUT2D eigenvalue weighted by molar-refractivity contribution is 6.08. The van der Waals surface area contributed by atoms with Crippen molar-refractivity contribution in [1.29, 1.82) is 0 Å². The van der Waals surface area contributed by atoms with E-state index in [0.29, 0.717) is 37.2 Å². The number of nitrogens with two attached hydrogens (primary N) is 1. The summed E-state index contributed by atoms with van der Waals surface area (Å²) < 4.78 is 0. The third-order valence-corrected chi connectivity index (χ3v) is 5.00. The van der Waals surface area contributed by atoms with Crippen molar-refractivity contribution in [2.45, 2.75) is 39.2 Å². The highest BCUT2D eigenvalue weighted by Crippen LogP contribution is 2.13. The summed E-state index contributed by atoms with van der Waals surface area (Å²) in [6, 6.07) is 13.1. The molecule has 0 saturated heterocycles. The molecule has 6 nitrogen and oxygen atoms in total. The second-order valence-electron chi connectivity index (χ2n) is 7.28. The topological polar surface area (TPSA) is 97.4 Å². The van der Waals surface area contributed by atoms with Gasteiger partial charge in [-0.2, -0.15) is 0 Å². The van der Waals surface area contributed by atoms with Gasteiger partial charge in [0, 0.05) is 29.8 Å². The number of hydrogen-bond donors (Lipinski definition) is 2. The predicted molar refractivity (Wildman–Crippen MR) is 115 cm³/mol. The average molecular weight is 390 g/mol. The van der Waals surface area contributed by atoms with Gasteiger partial charge in [-0.3, -0.25) is 14.6 Å². The number of aliphatic imine (C=N–C) groups is 1. The molecule has 2 heterocycles. The molecule has 3 rings (SSSR count). The smallest absolute Gasteiger partial charge is 0.249 e. The third-order valence-electron chi connectivity index (χ3n) is 5.00. The van der Waals surface area contributed by atoms with Crippen molar-refractivity contribution in [3.63, 3.8) is 0 Å². The van der Waals surface area contributed by atoms with Crippen molar-refractivity contribution in [1.82, 2.24) is 10.3 Å². The van der Waals surface area contributed by atoms with Crippen LogP contribution in [0.2, 0.25) is 0 Å². The fourth-order valence-electron chi connectivity index (χ4n) is 3.25. The Morgan fingerprint density at radius 1 is 1.17 bits per heavy atom. The molecule has 0 spiro atoms. The van der Waals surface area contributed by atoms with Crippen LogP contribution in [0.15, 0.2) is 59.1 Å². The van der Waals surface area contributed by atoms with E-state index in [4.69, 9.17) is 5.73 Å². The van der Waals surface area contributed by atoms with Crippen LogP contribution >= 0.6 is 0 Å². The Kier molecular flexibility index (Phi) is 6.54. The minimum absolute atomic E-state index is 0.0152. The first-order valence-electron chi connectivity index (χ1n) is 9.76. The molecule has 1 amide bonds. The maximum atomic E-state index is 12.5. The number of nitrogens with one attached hydrogen (secondary N) is 1. The number of rotatable bonds is 8. The summed E-state index contributed by atoms with van der Waals surface area (Å²) in [5.74, 6) is 0.221. The van der Waals surface area contributed by atoms with E-state index in [2.05, 4.69) is 15.3 Å². The van der Waals surface area contributed by atoms with Gasteiger partial charge in [-0.1, -0.05) is 36.4 Å². The van der Waals surface area contributed by atoms with Gasteiger partial charge in [0.25, 0.3) is 0 Å². The Bertz CT molecular complexity index is 964. The largest absolute Gasteiger partial charge is 0.384 e. The van der Waals surface area contributed by atoms with E-state index in [-0.39, 0.29) is 11.7 Å². The summed E-state index contributed by atoms with van der Waals surface area (Å²) >= 11 is 0. The molecule has 0 unspecified atom stereocenters. The standard InChI is InChI=1S/C23H26N4O2/c1-15-18(9-11-22(24)26-15)8-10-21(28)16(2)27-23(29)19-13-20(25-14-19)12-17-6-4-3-5-7-17/h3-7,9,11,13,16H,8,10,12,14H2,1-2H3,(H2,24,26)(H,27,29)/t16-/m0/s1. The molecular formula is C23H26N4O2. The van der Waals surface area contributed by atoms with Gasteiger partial charge in [-0.15, -0.1) is 0 Å². The van der Waals surface area contributed by atoms with E-state index in [1.54, 1.807) is 13.0 Å². The average Bonchev–Trinajstić information content (AvgIpc) is 3.16. The van der Waals surface area contributed by atoms with E-state index >= 15 is 0 Å². The fraction of sp³-hybridized carbons (Fsp3) is 0.304. The Hall–Kier alpha value is -3.28. The third kappa shape index (κ3) is 5.60. The molecule has 0 radical (unpaired) electrons. The quantitative estimate of drug-likeness (QED) is 0.724. The van der Waals surface area contributed by atoms with E-state index in [0.717, 1.165) is 22.5 Å². The van der Waals surface area contributed by atoms with Crippen molar-refractivity contribution >= 4 is 23.2 Å². The molecular weight excluding hydrogens is 364 g/mol. The summed E-state index contributed by atoms with van der Waals surface area (Å²) in [6.07, 6.45) is 3.43. The zero-order valence-corrected chi connectivity index (χ0v) is 16.8. The normalized spacial score (nSPS) is 14.1. The van der Waals surface area contributed by atoms with Gasteiger partial charge in [-0.25, -0.2) is 4.98 Å². The summed E-state index contributed by atoms with van der Waals surface area (Å²) in [5, 5.41) is 2.80. The van der Waals surface area contributed by atoms with Crippen LogP contribution in [-0.2, 0) is 22.4 Å². The van der Waals surface area contributed by atoms with Crippen LogP contribution in [0.1, 0.15) is 30.2 Å². The minimum atomic E-state index is -0.552. The lowest BCUT2D eigenvalue weighted by Crippen LogP contribution is -2.39. The minimum Gasteiger partial charge on any atom is -0.384 e. The van der Waals surface area contributed by atoms with Crippen LogP contribution in [0.5, 0.6) is 0 Å². The first-order chi connectivity index (χ1) is 13.9. The molecule has 1 aliphatic rings. The van der Waals surface area contributed by atoms with Crippen LogP contribution in [0.25, 0.3) is 0 Å².